The summed E-state index contributed by atoms with van der Waals surface area (Å²) in [6.45, 7) is 6.25. The molecule has 0 radical (unpaired) electrons. The Balaban J connectivity index is 1.81. The number of methoxy groups -OCH3 is 1. The summed E-state index contributed by atoms with van der Waals surface area (Å²) < 4.78 is 7.16. The van der Waals surface area contributed by atoms with Crippen molar-refractivity contribution in [3.05, 3.63) is 64.8 Å². The zero-order valence-corrected chi connectivity index (χ0v) is 16.7. The average molecular weight is 375 g/mol. The Labute approximate surface area is 165 Å². The van der Waals surface area contributed by atoms with E-state index in [1.165, 1.54) is 5.56 Å². The molecule has 0 saturated heterocycles. The molecule has 1 heterocycles. The van der Waals surface area contributed by atoms with Crippen molar-refractivity contribution in [1.29, 1.82) is 0 Å². The number of hydrogen-bond acceptors (Lipinski definition) is 4. The lowest BCUT2D eigenvalue weighted by atomic mass is 9.87. The first-order valence-corrected chi connectivity index (χ1v) is 9.60. The van der Waals surface area contributed by atoms with Gasteiger partial charge in [0.05, 0.1) is 24.1 Å². The number of Topliss-reactive ketones (excluding diaryl/α,β-unsaturated/α-hetero) is 1. The number of fused-ring (bicyclic) bond motifs is 1. The van der Waals surface area contributed by atoms with Gasteiger partial charge in [-0.3, -0.25) is 4.79 Å². The molecule has 28 heavy (non-hydrogen) atoms. The molecule has 0 aliphatic heterocycles. The fraction of sp³-hybridized carbons (Fsp3) is 0.304. The van der Waals surface area contributed by atoms with Crippen molar-refractivity contribution in [1.82, 2.24) is 9.78 Å². The topological polar surface area (TPSA) is 56.1 Å². The van der Waals surface area contributed by atoms with Gasteiger partial charge in [-0.05, 0) is 62.1 Å². The molecule has 0 spiro atoms. The van der Waals surface area contributed by atoms with Gasteiger partial charge in [0.1, 0.15) is 5.75 Å². The third-order valence-electron chi connectivity index (χ3n) is 5.29. The van der Waals surface area contributed by atoms with Crippen molar-refractivity contribution in [3.63, 3.8) is 0 Å². The Hall–Kier alpha value is -3.08. The van der Waals surface area contributed by atoms with E-state index in [4.69, 9.17) is 9.84 Å². The van der Waals surface area contributed by atoms with Gasteiger partial charge in [-0.2, -0.15) is 0 Å². The van der Waals surface area contributed by atoms with Gasteiger partial charge in [0.2, 0.25) is 0 Å². The van der Waals surface area contributed by atoms with E-state index in [9.17, 15) is 4.79 Å². The molecule has 0 amide bonds. The van der Waals surface area contributed by atoms with E-state index in [0.29, 0.717) is 23.7 Å². The molecular weight excluding hydrogens is 350 g/mol. The SMILES string of the molecule is COc1ccc(-n2nc(Nc3ccc(C)cc3C)c3c2C[C@@H](C)CC3=O)cc1. The van der Waals surface area contributed by atoms with E-state index in [1.54, 1.807) is 7.11 Å². The molecule has 4 rings (SSSR count). The number of hydrogen-bond donors (Lipinski definition) is 1. The number of ketones is 1. The predicted molar refractivity (Wildman–Crippen MR) is 111 cm³/mol. The number of nitrogens with one attached hydrogen (secondary N) is 1. The number of ether oxygens (including phenoxy) is 1. The minimum absolute atomic E-state index is 0.153. The number of anilines is 2. The van der Waals surface area contributed by atoms with Crippen LogP contribution < -0.4 is 10.1 Å². The summed E-state index contributed by atoms with van der Waals surface area (Å²) in [6, 6.07) is 14.0. The van der Waals surface area contributed by atoms with Crippen LogP contribution in [0, 0.1) is 19.8 Å². The third-order valence-corrected chi connectivity index (χ3v) is 5.29. The maximum absolute atomic E-state index is 12.9. The van der Waals surface area contributed by atoms with Crippen LogP contribution in [-0.4, -0.2) is 22.7 Å². The minimum Gasteiger partial charge on any atom is -0.497 e. The molecule has 1 atom stereocenters. The quantitative estimate of drug-likeness (QED) is 0.697. The highest BCUT2D eigenvalue weighted by molar-refractivity contribution is 6.03. The molecule has 0 saturated carbocycles. The van der Waals surface area contributed by atoms with Gasteiger partial charge in [-0.15, -0.1) is 5.10 Å². The second-order valence-electron chi connectivity index (χ2n) is 7.66. The van der Waals surface area contributed by atoms with E-state index in [-0.39, 0.29) is 5.78 Å². The summed E-state index contributed by atoms with van der Waals surface area (Å²) in [6.07, 6.45) is 1.39. The summed E-state index contributed by atoms with van der Waals surface area (Å²) in [4.78, 5) is 12.9. The molecule has 1 aliphatic rings. The van der Waals surface area contributed by atoms with Crippen molar-refractivity contribution >= 4 is 17.3 Å². The standard InChI is InChI=1S/C23H25N3O2/c1-14-5-10-19(16(3)11-14)24-23-22-20(12-15(2)13-21(22)27)26(25-23)17-6-8-18(28-4)9-7-17/h5-11,15H,12-13H2,1-4H3,(H,24,25)/t15-/m1/s1. The van der Waals surface area contributed by atoms with Crippen LogP contribution >= 0.6 is 0 Å². The molecule has 1 aliphatic carbocycles. The van der Waals surface area contributed by atoms with Crippen LogP contribution in [0.15, 0.2) is 42.5 Å². The summed E-state index contributed by atoms with van der Waals surface area (Å²) >= 11 is 0. The van der Waals surface area contributed by atoms with Crippen LogP contribution in [0.1, 0.15) is 40.5 Å². The largest absolute Gasteiger partial charge is 0.497 e. The van der Waals surface area contributed by atoms with Crippen LogP contribution in [0.4, 0.5) is 11.5 Å². The smallest absolute Gasteiger partial charge is 0.168 e. The highest BCUT2D eigenvalue weighted by Gasteiger charge is 2.31. The van der Waals surface area contributed by atoms with E-state index in [0.717, 1.165) is 34.8 Å². The maximum Gasteiger partial charge on any atom is 0.168 e. The summed E-state index contributed by atoms with van der Waals surface area (Å²) in [5.41, 5.74) is 5.92. The summed E-state index contributed by atoms with van der Waals surface area (Å²) in [5, 5.41) is 8.21. The molecular formula is C23H25N3O2. The van der Waals surface area contributed by atoms with Crippen LogP contribution in [0.2, 0.25) is 0 Å². The molecule has 2 aromatic carbocycles. The van der Waals surface area contributed by atoms with Gasteiger partial charge in [0.15, 0.2) is 11.6 Å². The summed E-state index contributed by atoms with van der Waals surface area (Å²) in [7, 11) is 1.65. The van der Waals surface area contributed by atoms with Gasteiger partial charge in [-0.25, -0.2) is 4.68 Å². The van der Waals surface area contributed by atoms with Crippen molar-refractivity contribution < 1.29 is 9.53 Å². The van der Waals surface area contributed by atoms with Gasteiger partial charge < -0.3 is 10.1 Å². The number of carbonyl (C=O) groups is 1. The van der Waals surface area contributed by atoms with Crippen LogP contribution in [0.5, 0.6) is 5.75 Å². The lowest BCUT2D eigenvalue weighted by Crippen LogP contribution is -2.19. The van der Waals surface area contributed by atoms with Crippen LogP contribution in [0.25, 0.3) is 5.69 Å². The number of rotatable bonds is 4. The van der Waals surface area contributed by atoms with Crippen molar-refractivity contribution in [2.45, 2.75) is 33.6 Å². The predicted octanol–water partition coefficient (Wildman–Crippen LogP) is 5.01. The molecule has 144 valence electrons. The molecule has 0 unspecified atom stereocenters. The lowest BCUT2D eigenvalue weighted by Gasteiger charge is -2.19. The molecule has 3 aromatic rings. The summed E-state index contributed by atoms with van der Waals surface area (Å²) in [5.74, 6) is 1.89. The lowest BCUT2D eigenvalue weighted by molar-refractivity contribution is 0.0953. The number of nitrogens with zero attached hydrogens (tertiary/aromatic N) is 2. The first-order chi connectivity index (χ1) is 13.5. The highest BCUT2D eigenvalue weighted by Crippen LogP contribution is 2.34. The Bertz CT molecular complexity index is 1030. The minimum atomic E-state index is 0.153. The number of aromatic nitrogens is 2. The Morgan fingerprint density at radius 2 is 1.86 bits per heavy atom. The van der Waals surface area contributed by atoms with E-state index in [1.807, 2.05) is 35.0 Å². The second kappa shape index (κ2) is 7.15. The van der Waals surface area contributed by atoms with Gasteiger partial charge >= 0.3 is 0 Å². The maximum atomic E-state index is 12.9. The van der Waals surface area contributed by atoms with Crippen LogP contribution in [-0.2, 0) is 6.42 Å². The monoisotopic (exact) mass is 375 g/mol. The molecule has 0 bridgehead atoms. The van der Waals surface area contributed by atoms with E-state index in [2.05, 4.69) is 38.2 Å². The number of aryl methyl sites for hydroxylation is 2. The molecule has 0 fully saturated rings. The first kappa shape index (κ1) is 18.3. The third kappa shape index (κ3) is 3.28. The van der Waals surface area contributed by atoms with Crippen molar-refractivity contribution in [2.24, 2.45) is 5.92 Å². The number of benzene rings is 2. The Morgan fingerprint density at radius 1 is 1.11 bits per heavy atom. The van der Waals surface area contributed by atoms with E-state index >= 15 is 0 Å². The van der Waals surface area contributed by atoms with Crippen molar-refractivity contribution in [2.75, 3.05) is 12.4 Å². The van der Waals surface area contributed by atoms with Gasteiger partial charge in [-0.1, -0.05) is 24.6 Å². The molecule has 5 nitrogen and oxygen atoms in total. The average Bonchev–Trinajstić information content (AvgIpc) is 3.02. The first-order valence-electron chi connectivity index (χ1n) is 9.60. The number of carbonyl (C=O) groups excluding carboxylic acids is 1. The van der Waals surface area contributed by atoms with E-state index < -0.39 is 0 Å². The van der Waals surface area contributed by atoms with Gasteiger partial charge in [0, 0.05) is 12.1 Å². The fourth-order valence-electron chi connectivity index (χ4n) is 3.86. The zero-order valence-electron chi connectivity index (χ0n) is 16.7. The second-order valence-corrected chi connectivity index (χ2v) is 7.66. The Kier molecular flexibility index (Phi) is 4.67. The molecule has 1 aromatic heterocycles. The van der Waals surface area contributed by atoms with Crippen molar-refractivity contribution in [3.8, 4) is 11.4 Å². The van der Waals surface area contributed by atoms with Crippen LogP contribution in [0.3, 0.4) is 0 Å². The highest BCUT2D eigenvalue weighted by atomic mass is 16.5. The molecule has 1 N–H and O–H groups in total. The fourth-order valence-corrected chi connectivity index (χ4v) is 3.86. The normalized spacial score (nSPS) is 16.0. The van der Waals surface area contributed by atoms with Gasteiger partial charge in [0.25, 0.3) is 0 Å². The zero-order chi connectivity index (χ0) is 19.8. The Morgan fingerprint density at radius 3 is 2.54 bits per heavy atom. The molecule has 5 heteroatoms.